The number of methoxy groups -OCH3 is 2. The molecule has 1 aromatic rings. The normalized spacial score (nSPS) is 19.6. The first-order valence-corrected chi connectivity index (χ1v) is 8.31. The fourth-order valence-electron chi connectivity index (χ4n) is 3.41. The third-order valence-electron chi connectivity index (χ3n) is 4.60. The predicted molar refractivity (Wildman–Crippen MR) is 95.5 cm³/mol. The van der Waals surface area contributed by atoms with Crippen LogP contribution in [0.4, 0.5) is 5.69 Å². The van der Waals surface area contributed by atoms with E-state index in [2.05, 4.69) is 0 Å². The summed E-state index contributed by atoms with van der Waals surface area (Å²) in [4.78, 5) is 38.0. The smallest absolute Gasteiger partial charge is 0.341 e. The monoisotopic (exact) mass is 353 g/mol. The number of hydrogen-bond donors (Lipinski definition) is 0. The van der Waals surface area contributed by atoms with Gasteiger partial charge in [-0.15, -0.1) is 0 Å². The number of benzene rings is 1. The van der Waals surface area contributed by atoms with Crippen molar-refractivity contribution in [2.45, 2.75) is 18.9 Å². The number of ketones is 1. The van der Waals surface area contributed by atoms with Crippen LogP contribution in [0.5, 0.6) is 0 Å². The highest BCUT2D eigenvalue weighted by Crippen LogP contribution is 2.34. The van der Waals surface area contributed by atoms with Crippen LogP contribution >= 0.6 is 0 Å². The SMILES string of the molecule is COC(=O)C1=C(OC)C(=C=O)C(N2CCCC(=O)c3ccccc32)C=C1. The molecule has 0 spiro atoms. The van der Waals surface area contributed by atoms with Gasteiger partial charge in [0.25, 0.3) is 0 Å². The van der Waals surface area contributed by atoms with E-state index in [0.717, 1.165) is 5.69 Å². The summed E-state index contributed by atoms with van der Waals surface area (Å²) < 4.78 is 10.1. The molecule has 2 aliphatic rings. The first-order valence-electron chi connectivity index (χ1n) is 8.31. The molecule has 0 saturated carbocycles. The average Bonchev–Trinajstić information content (AvgIpc) is 2.85. The molecular weight excluding hydrogens is 334 g/mol. The van der Waals surface area contributed by atoms with E-state index in [-0.39, 0.29) is 22.7 Å². The maximum atomic E-state index is 12.4. The minimum atomic E-state index is -0.587. The largest absolute Gasteiger partial charge is 0.495 e. The number of carbonyl (C=O) groups is 2. The van der Waals surface area contributed by atoms with Gasteiger partial charge in [0.2, 0.25) is 0 Å². The summed E-state index contributed by atoms with van der Waals surface area (Å²) in [5, 5.41) is 0. The van der Waals surface area contributed by atoms with Crippen LogP contribution in [0.3, 0.4) is 0 Å². The Kier molecular flexibility index (Phi) is 5.05. The molecule has 0 N–H and O–H groups in total. The Labute approximate surface area is 151 Å². The van der Waals surface area contributed by atoms with E-state index in [1.54, 1.807) is 18.2 Å². The Balaban J connectivity index is 2.08. The summed E-state index contributed by atoms with van der Waals surface area (Å²) in [6.45, 7) is 0.591. The average molecular weight is 353 g/mol. The van der Waals surface area contributed by atoms with Gasteiger partial charge in [0, 0.05) is 24.2 Å². The minimum absolute atomic E-state index is 0.0808. The van der Waals surface area contributed by atoms with Gasteiger partial charge < -0.3 is 14.4 Å². The van der Waals surface area contributed by atoms with Gasteiger partial charge in [-0.2, -0.15) is 0 Å². The highest BCUT2D eigenvalue weighted by Gasteiger charge is 2.34. The first kappa shape index (κ1) is 17.7. The molecular formula is C20H19NO5. The highest BCUT2D eigenvalue weighted by atomic mass is 16.5. The van der Waals surface area contributed by atoms with E-state index in [1.807, 2.05) is 29.0 Å². The predicted octanol–water partition coefficient (Wildman–Crippen LogP) is 2.24. The number of ether oxygens (including phenoxy) is 2. The fraction of sp³-hybridized carbons (Fsp3) is 0.300. The van der Waals surface area contributed by atoms with Gasteiger partial charge in [-0.3, -0.25) is 4.79 Å². The summed E-state index contributed by atoms with van der Waals surface area (Å²) in [5.74, 6) is 1.56. The third kappa shape index (κ3) is 2.95. The second-order valence-electron chi connectivity index (χ2n) is 6.00. The zero-order valence-electron chi connectivity index (χ0n) is 14.7. The molecule has 1 aromatic carbocycles. The molecule has 6 nitrogen and oxygen atoms in total. The molecule has 0 aromatic heterocycles. The van der Waals surface area contributed by atoms with Gasteiger partial charge >= 0.3 is 5.97 Å². The van der Waals surface area contributed by atoms with Crippen LogP contribution in [0.25, 0.3) is 0 Å². The van der Waals surface area contributed by atoms with E-state index in [4.69, 9.17) is 9.47 Å². The molecule has 0 saturated heterocycles. The summed E-state index contributed by atoms with van der Waals surface area (Å²) in [6, 6.07) is 6.85. The maximum Gasteiger partial charge on any atom is 0.341 e. The van der Waals surface area contributed by atoms with Crippen LogP contribution in [0.15, 0.2) is 53.3 Å². The van der Waals surface area contributed by atoms with Crippen molar-refractivity contribution < 1.29 is 23.9 Å². The Morgan fingerprint density at radius 2 is 2.04 bits per heavy atom. The Bertz CT molecular complexity index is 861. The van der Waals surface area contributed by atoms with Gasteiger partial charge in [0.05, 0.1) is 20.3 Å². The second kappa shape index (κ2) is 7.42. The summed E-state index contributed by atoms with van der Waals surface area (Å²) >= 11 is 0. The van der Waals surface area contributed by atoms with Crippen LogP contribution in [0.1, 0.15) is 23.2 Å². The lowest BCUT2D eigenvalue weighted by Crippen LogP contribution is -2.39. The summed E-state index contributed by atoms with van der Waals surface area (Å²) in [7, 11) is 2.66. The standard InChI is InChI=1S/C20H19NO5/c1-25-19-14(20(24)26-2)9-10-17(15(19)12-22)21-11-5-8-18(23)13-6-3-4-7-16(13)21/h3-4,6-7,9-10,17H,5,8,11H2,1-2H3. The number of esters is 1. The summed E-state index contributed by atoms with van der Waals surface area (Å²) in [5.41, 5.74) is 1.77. The fourth-order valence-corrected chi connectivity index (χ4v) is 3.41. The number of para-hydroxylation sites is 1. The van der Waals surface area contributed by atoms with E-state index in [9.17, 15) is 14.4 Å². The second-order valence-corrected chi connectivity index (χ2v) is 6.00. The summed E-state index contributed by atoms with van der Waals surface area (Å²) in [6.07, 6.45) is 4.44. The first-order chi connectivity index (χ1) is 12.6. The molecule has 1 atom stereocenters. The van der Waals surface area contributed by atoms with E-state index < -0.39 is 12.0 Å². The molecule has 1 heterocycles. The van der Waals surface area contributed by atoms with Crippen molar-refractivity contribution in [2.75, 3.05) is 25.7 Å². The van der Waals surface area contributed by atoms with Gasteiger partial charge in [-0.05, 0) is 24.6 Å². The van der Waals surface area contributed by atoms with Gasteiger partial charge in [0.15, 0.2) is 5.78 Å². The lowest BCUT2D eigenvalue weighted by molar-refractivity contribution is -0.135. The van der Waals surface area contributed by atoms with E-state index >= 15 is 0 Å². The van der Waals surface area contributed by atoms with Crippen molar-refractivity contribution >= 4 is 23.4 Å². The molecule has 1 aliphatic carbocycles. The number of Topliss-reactive ketones (excluding diaryl/α,β-unsaturated/α-hetero) is 1. The highest BCUT2D eigenvalue weighted by molar-refractivity contribution is 6.02. The lowest BCUT2D eigenvalue weighted by atomic mass is 9.94. The molecule has 0 radical (unpaired) electrons. The number of anilines is 1. The number of hydrogen-bond acceptors (Lipinski definition) is 6. The maximum absolute atomic E-state index is 12.4. The van der Waals surface area contributed by atoms with Crippen molar-refractivity contribution in [2.24, 2.45) is 0 Å². The number of fused-ring (bicyclic) bond motifs is 1. The van der Waals surface area contributed by atoms with Crippen LogP contribution in [0.2, 0.25) is 0 Å². The molecule has 6 heteroatoms. The quantitative estimate of drug-likeness (QED) is 0.613. The van der Waals surface area contributed by atoms with Crippen LogP contribution in [-0.4, -0.2) is 44.5 Å². The van der Waals surface area contributed by atoms with Crippen molar-refractivity contribution in [3.8, 4) is 0 Å². The van der Waals surface area contributed by atoms with Gasteiger partial charge in [-0.25, -0.2) is 9.59 Å². The van der Waals surface area contributed by atoms with Crippen LogP contribution in [0, 0.1) is 0 Å². The van der Waals surface area contributed by atoms with Crippen molar-refractivity contribution in [3.63, 3.8) is 0 Å². The molecule has 1 unspecified atom stereocenters. The van der Waals surface area contributed by atoms with Crippen molar-refractivity contribution in [3.05, 3.63) is 58.9 Å². The Hall–Kier alpha value is -3.11. The Morgan fingerprint density at radius 1 is 1.27 bits per heavy atom. The molecule has 134 valence electrons. The van der Waals surface area contributed by atoms with Crippen molar-refractivity contribution in [1.82, 2.24) is 0 Å². The minimum Gasteiger partial charge on any atom is -0.495 e. The molecule has 26 heavy (non-hydrogen) atoms. The number of rotatable bonds is 3. The van der Waals surface area contributed by atoms with Gasteiger partial charge in [-0.1, -0.05) is 18.2 Å². The van der Waals surface area contributed by atoms with Crippen molar-refractivity contribution in [1.29, 1.82) is 0 Å². The van der Waals surface area contributed by atoms with Crippen LogP contribution < -0.4 is 4.90 Å². The van der Waals surface area contributed by atoms with E-state index in [0.29, 0.717) is 24.9 Å². The topological polar surface area (TPSA) is 72.9 Å². The van der Waals surface area contributed by atoms with E-state index in [1.165, 1.54) is 14.2 Å². The zero-order valence-corrected chi connectivity index (χ0v) is 14.7. The third-order valence-corrected chi connectivity index (χ3v) is 4.60. The number of nitrogens with zero attached hydrogens (tertiary/aromatic N) is 1. The zero-order chi connectivity index (χ0) is 18.7. The van der Waals surface area contributed by atoms with Crippen LogP contribution in [-0.2, 0) is 19.1 Å². The molecule has 0 amide bonds. The molecule has 3 rings (SSSR count). The molecule has 0 fully saturated rings. The van der Waals surface area contributed by atoms with Gasteiger partial charge in [0.1, 0.15) is 22.8 Å². The molecule has 0 bridgehead atoms. The molecule has 1 aliphatic heterocycles. The number of carbonyl (C=O) groups excluding carboxylic acids is 3. The Morgan fingerprint density at radius 3 is 2.73 bits per heavy atom. The lowest BCUT2D eigenvalue weighted by Gasteiger charge is -2.34.